The molecule has 1 aromatic heterocycles. The van der Waals surface area contributed by atoms with Gasteiger partial charge >= 0.3 is 0 Å². The molecule has 1 N–H and O–H groups in total. The predicted octanol–water partition coefficient (Wildman–Crippen LogP) is 2.06. The standard InChI is InChI=1S/C14H14ClN3O2/c1-8-12(14(20)18(3)17-8)13(16-9(2)19)10-5-4-6-11(15)7-10/h4-7,17H,1-3H3. The van der Waals surface area contributed by atoms with E-state index in [4.69, 9.17) is 11.6 Å². The van der Waals surface area contributed by atoms with E-state index in [1.807, 2.05) is 0 Å². The van der Waals surface area contributed by atoms with Crippen molar-refractivity contribution in [2.24, 2.45) is 12.0 Å². The van der Waals surface area contributed by atoms with Crippen LogP contribution in [0.25, 0.3) is 0 Å². The Balaban J connectivity index is 2.72. The van der Waals surface area contributed by atoms with E-state index in [1.54, 1.807) is 38.2 Å². The third-order valence-electron chi connectivity index (χ3n) is 2.83. The van der Waals surface area contributed by atoms with Gasteiger partial charge in [0.25, 0.3) is 5.56 Å². The Bertz CT molecular complexity index is 756. The Hall–Kier alpha value is -2.14. The van der Waals surface area contributed by atoms with Gasteiger partial charge in [-0.3, -0.25) is 19.4 Å². The van der Waals surface area contributed by atoms with Gasteiger partial charge < -0.3 is 0 Å². The minimum Gasteiger partial charge on any atom is -0.300 e. The van der Waals surface area contributed by atoms with E-state index in [9.17, 15) is 9.59 Å². The maximum Gasteiger partial charge on any atom is 0.275 e. The molecule has 0 fully saturated rings. The van der Waals surface area contributed by atoms with Gasteiger partial charge in [0.1, 0.15) is 0 Å². The lowest BCUT2D eigenvalue weighted by atomic mass is 10.0. The SMILES string of the molecule is CC(=O)N=C(c1cccc(Cl)c1)c1c(C)[nH]n(C)c1=O. The van der Waals surface area contributed by atoms with Gasteiger partial charge in [0.15, 0.2) is 0 Å². The van der Waals surface area contributed by atoms with Crippen LogP contribution in [-0.2, 0) is 11.8 Å². The van der Waals surface area contributed by atoms with Crippen molar-refractivity contribution >= 4 is 23.2 Å². The Morgan fingerprint density at radius 2 is 2.10 bits per heavy atom. The summed E-state index contributed by atoms with van der Waals surface area (Å²) in [5, 5.41) is 3.41. The Labute approximate surface area is 120 Å². The van der Waals surface area contributed by atoms with E-state index in [1.165, 1.54) is 11.6 Å². The first-order valence-electron chi connectivity index (χ1n) is 6.01. The highest BCUT2D eigenvalue weighted by Crippen LogP contribution is 2.16. The number of aromatic amines is 1. The number of amides is 1. The fraction of sp³-hybridized carbons (Fsp3) is 0.214. The lowest BCUT2D eigenvalue weighted by Gasteiger charge is -2.05. The van der Waals surface area contributed by atoms with Gasteiger partial charge in [-0.15, -0.1) is 0 Å². The number of hydrogen-bond acceptors (Lipinski definition) is 2. The summed E-state index contributed by atoms with van der Waals surface area (Å²) in [7, 11) is 1.61. The van der Waals surface area contributed by atoms with Crippen molar-refractivity contribution in [1.82, 2.24) is 9.78 Å². The van der Waals surface area contributed by atoms with Gasteiger partial charge in [-0.05, 0) is 19.1 Å². The molecule has 0 bridgehead atoms. The molecular formula is C14H14ClN3O2. The van der Waals surface area contributed by atoms with E-state index < -0.39 is 0 Å². The van der Waals surface area contributed by atoms with Gasteiger partial charge in [-0.2, -0.15) is 0 Å². The molecule has 0 aliphatic rings. The normalized spacial score (nSPS) is 11.7. The Morgan fingerprint density at radius 1 is 1.40 bits per heavy atom. The largest absolute Gasteiger partial charge is 0.300 e. The maximum absolute atomic E-state index is 12.2. The molecule has 2 rings (SSSR count). The van der Waals surface area contributed by atoms with Gasteiger partial charge in [-0.1, -0.05) is 23.7 Å². The fourth-order valence-corrected chi connectivity index (χ4v) is 2.21. The molecule has 1 heterocycles. The van der Waals surface area contributed by atoms with Crippen LogP contribution in [0.2, 0.25) is 5.02 Å². The number of hydrogen-bond donors (Lipinski definition) is 1. The molecule has 1 aromatic carbocycles. The number of aryl methyl sites for hydroxylation is 2. The number of carbonyl (C=O) groups excluding carboxylic acids is 1. The van der Waals surface area contributed by atoms with Gasteiger partial charge in [-0.25, -0.2) is 4.99 Å². The van der Waals surface area contributed by atoms with Crippen molar-refractivity contribution in [3.63, 3.8) is 0 Å². The number of rotatable bonds is 2. The number of halogens is 1. The number of aliphatic imine (C=N–C) groups is 1. The molecule has 0 unspecified atom stereocenters. The molecule has 5 nitrogen and oxygen atoms in total. The molecule has 0 atom stereocenters. The highest BCUT2D eigenvalue weighted by atomic mass is 35.5. The van der Waals surface area contributed by atoms with Crippen LogP contribution in [0.1, 0.15) is 23.7 Å². The summed E-state index contributed by atoms with van der Waals surface area (Å²) in [6.07, 6.45) is 0. The van der Waals surface area contributed by atoms with Gasteiger partial charge in [0.05, 0.1) is 11.3 Å². The van der Waals surface area contributed by atoms with Crippen LogP contribution in [0.15, 0.2) is 34.1 Å². The number of benzene rings is 1. The van der Waals surface area contributed by atoms with Crippen molar-refractivity contribution in [3.8, 4) is 0 Å². The highest BCUT2D eigenvalue weighted by molar-refractivity contribution is 6.31. The molecule has 0 saturated heterocycles. The van der Waals surface area contributed by atoms with Crippen LogP contribution in [0.5, 0.6) is 0 Å². The molecule has 0 aliphatic carbocycles. The zero-order chi connectivity index (χ0) is 14.9. The Morgan fingerprint density at radius 3 is 2.60 bits per heavy atom. The number of carbonyl (C=O) groups is 1. The van der Waals surface area contributed by atoms with E-state index in [0.717, 1.165) is 0 Å². The van der Waals surface area contributed by atoms with Crippen molar-refractivity contribution in [1.29, 1.82) is 0 Å². The molecule has 6 heteroatoms. The van der Waals surface area contributed by atoms with Crippen LogP contribution in [0.4, 0.5) is 0 Å². The quantitative estimate of drug-likeness (QED) is 0.861. The number of H-pyrrole nitrogens is 1. The fourth-order valence-electron chi connectivity index (χ4n) is 2.02. The smallest absolute Gasteiger partial charge is 0.275 e. The lowest BCUT2D eigenvalue weighted by molar-refractivity contribution is -0.115. The Kier molecular flexibility index (Phi) is 3.90. The zero-order valence-corrected chi connectivity index (χ0v) is 12.2. The van der Waals surface area contributed by atoms with Crippen LogP contribution >= 0.6 is 11.6 Å². The topological polar surface area (TPSA) is 67.2 Å². The summed E-state index contributed by atoms with van der Waals surface area (Å²) in [5.41, 5.74) is 1.76. The molecule has 1 amide bonds. The summed E-state index contributed by atoms with van der Waals surface area (Å²) in [6.45, 7) is 3.11. The molecule has 104 valence electrons. The number of nitrogens with one attached hydrogen (secondary N) is 1. The van der Waals surface area contributed by atoms with Gasteiger partial charge in [0, 0.05) is 30.3 Å². The average Bonchev–Trinajstić information content (AvgIpc) is 2.61. The number of aromatic nitrogens is 2. The van der Waals surface area contributed by atoms with Crippen molar-refractivity contribution < 1.29 is 4.79 Å². The minimum absolute atomic E-state index is 0.234. The van der Waals surface area contributed by atoms with E-state index >= 15 is 0 Å². The summed E-state index contributed by atoms with van der Waals surface area (Å²) in [6, 6.07) is 6.91. The van der Waals surface area contributed by atoms with Crippen molar-refractivity contribution in [3.05, 3.63) is 56.5 Å². The van der Waals surface area contributed by atoms with Crippen molar-refractivity contribution in [2.75, 3.05) is 0 Å². The first-order chi connectivity index (χ1) is 9.40. The minimum atomic E-state index is -0.373. The van der Waals surface area contributed by atoms with Crippen molar-refractivity contribution in [2.45, 2.75) is 13.8 Å². The molecular weight excluding hydrogens is 278 g/mol. The zero-order valence-electron chi connectivity index (χ0n) is 11.4. The maximum atomic E-state index is 12.2. The summed E-state index contributed by atoms with van der Waals surface area (Å²) in [5.74, 6) is -0.373. The van der Waals surface area contributed by atoms with Gasteiger partial charge in [0.2, 0.25) is 5.91 Å². The van der Waals surface area contributed by atoms with Crippen LogP contribution in [0, 0.1) is 6.92 Å². The van der Waals surface area contributed by atoms with E-state index in [2.05, 4.69) is 10.1 Å². The molecule has 2 aromatic rings. The lowest BCUT2D eigenvalue weighted by Crippen LogP contribution is -2.21. The van der Waals surface area contributed by atoms with E-state index in [0.29, 0.717) is 27.6 Å². The second-order valence-corrected chi connectivity index (χ2v) is 4.90. The first kappa shape index (κ1) is 14.3. The second kappa shape index (κ2) is 5.46. The monoisotopic (exact) mass is 291 g/mol. The highest BCUT2D eigenvalue weighted by Gasteiger charge is 2.18. The average molecular weight is 292 g/mol. The summed E-state index contributed by atoms with van der Waals surface area (Å²) >= 11 is 5.97. The van der Waals surface area contributed by atoms with Crippen LogP contribution < -0.4 is 5.56 Å². The third kappa shape index (κ3) is 2.72. The predicted molar refractivity (Wildman–Crippen MR) is 78.5 cm³/mol. The summed E-state index contributed by atoms with van der Waals surface area (Å²) in [4.78, 5) is 27.5. The second-order valence-electron chi connectivity index (χ2n) is 4.47. The van der Waals surface area contributed by atoms with Crippen LogP contribution in [-0.4, -0.2) is 21.4 Å². The number of nitrogens with zero attached hydrogens (tertiary/aromatic N) is 2. The molecule has 0 radical (unpaired) electrons. The molecule has 0 aliphatic heterocycles. The van der Waals surface area contributed by atoms with Crippen LogP contribution in [0.3, 0.4) is 0 Å². The first-order valence-corrected chi connectivity index (χ1v) is 6.39. The van der Waals surface area contributed by atoms with E-state index in [-0.39, 0.29) is 11.5 Å². The molecule has 0 spiro atoms. The summed E-state index contributed by atoms with van der Waals surface area (Å²) < 4.78 is 1.35. The third-order valence-corrected chi connectivity index (χ3v) is 3.07. The molecule has 20 heavy (non-hydrogen) atoms. The molecule has 0 saturated carbocycles.